The van der Waals surface area contributed by atoms with Crippen molar-refractivity contribution in [3.8, 4) is 0 Å². The molecule has 0 radical (unpaired) electrons. The summed E-state index contributed by atoms with van der Waals surface area (Å²) in [7, 11) is 0. The molecular weight excluding hydrogens is 182 g/mol. The highest BCUT2D eigenvalue weighted by atomic mass is 15.0. The maximum Gasteiger partial charge on any atom is 0.163 e. The van der Waals surface area contributed by atoms with Crippen LogP contribution in [0, 0.1) is 0 Å². The molecule has 1 aliphatic heterocycles. The van der Waals surface area contributed by atoms with Crippen LogP contribution in [0.2, 0.25) is 0 Å². The Morgan fingerprint density at radius 3 is 2.60 bits per heavy atom. The minimum absolute atomic E-state index is 1.16. The Bertz CT molecular complexity index is 374. The van der Waals surface area contributed by atoms with Gasteiger partial charge in [-0.1, -0.05) is 37.3 Å². The Kier molecular flexibility index (Phi) is 3.33. The zero-order chi connectivity index (χ0) is 10.5. The Balaban J connectivity index is 2.14. The lowest BCUT2D eigenvalue weighted by atomic mass is 10.0. The summed E-state index contributed by atoms with van der Waals surface area (Å²) in [4.78, 5) is 0. The summed E-state index contributed by atoms with van der Waals surface area (Å²) >= 11 is 0. The topological polar surface area (TPSA) is 3.01 Å². The van der Waals surface area contributed by atoms with Crippen molar-refractivity contribution in [3.05, 3.63) is 42.0 Å². The summed E-state index contributed by atoms with van der Waals surface area (Å²) < 4.78 is 2.40. The van der Waals surface area contributed by atoms with Crippen LogP contribution in [0.25, 0.3) is 5.57 Å². The second kappa shape index (κ2) is 4.92. The van der Waals surface area contributed by atoms with Gasteiger partial charge in [0, 0.05) is 18.9 Å². The van der Waals surface area contributed by atoms with Gasteiger partial charge in [-0.3, -0.25) is 0 Å². The zero-order valence-electron chi connectivity index (χ0n) is 9.32. The van der Waals surface area contributed by atoms with Crippen LogP contribution in [0.15, 0.2) is 36.4 Å². The van der Waals surface area contributed by atoms with Crippen molar-refractivity contribution >= 4 is 11.8 Å². The van der Waals surface area contributed by atoms with Crippen molar-refractivity contribution in [3.63, 3.8) is 0 Å². The highest BCUT2D eigenvalue weighted by Crippen LogP contribution is 2.19. The Labute approximate surface area is 91.8 Å². The van der Waals surface area contributed by atoms with Gasteiger partial charge in [-0.15, -0.1) is 0 Å². The molecule has 2 rings (SSSR count). The van der Waals surface area contributed by atoms with Gasteiger partial charge in [-0.2, -0.15) is 0 Å². The molecule has 1 aromatic carbocycles. The molecule has 0 N–H and O–H groups in total. The molecule has 0 fully saturated rings. The molecule has 0 atom stereocenters. The van der Waals surface area contributed by atoms with Crippen LogP contribution in [-0.2, 0) is 0 Å². The van der Waals surface area contributed by atoms with E-state index < -0.39 is 0 Å². The SMILES string of the molecule is CCC[N+]1=CC=C(c2ccccc2)CC1. The first-order valence-electron chi connectivity index (χ1n) is 5.73. The Morgan fingerprint density at radius 2 is 2.00 bits per heavy atom. The average Bonchev–Trinajstić information content (AvgIpc) is 2.32. The molecule has 1 heterocycles. The van der Waals surface area contributed by atoms with Gasteiger partial charge in [-0.25, -0.2) is 4.58 Å². The number of nitrogens with zero attached hydrogens (tertiary/aromatic N) is 1. The van der Waals surface area contributed by atoms with Gasteiger partial charge >= 0.3 is 0 Å². The lowest BCUT2D eigenvalue weighted by Crippen LogP contribution is -2.18. The van der Waals surface area contributed by atoms with Gasteiger partial charge in [0.1, 0.15) is 13.1 Å². The minimum Gasteiger partial charge on any atom is -0.236 e. The Morgan fingerprint density at radius 1 is 1.20 bits per heavy atom. The number of hydrogen-bond donors (Lipinski definition) is 0. The number of benzene rings is 1. The molecule has 0 unspecified atom stereocenters. The summed E-state index contributed by atoms with van der Waals surface area (Å²) in [5.74, 6) is 0. The smallest absolute Gasteiger partial charge is 0.163 e. The standard InChI is InChI=1S/C14H18N/c1-2-10-15-11-8-14(9-12-15)13-6-4-3-5-7-13/h3-8,11H,2,9-10,12H2,1H3/q+1. The Hall–Kier alpha value is -1.37. The predicted octanol–water partition coefficient (Wildman–Crippen LogP) is 2.97. The average molecular weight is 200 g/mol. The molecule has 0 aliphatic carbocycles. The van der Waals surface area contributed by atoms with Crippen LogP contribution in [0.3, 0.4) is 0 Å². The van der Waals surface area contributed by atoms with Crippen molar-refractivity contribution < 1.29 is 4.58 Å². The highest BCUT2D eigenvalue weighted by molar-refractivity contribution is 5.83. The fraction of sp³-hybridized carbons (Fsp3) is 0.357. The lowest BCUT2D eigenvalue weighted by molar-refractivity contribution is -0.522. The van der Waals surface area contributed by atoms with Gasteiger partial charge in [0.05, 0.1) is 0 Å². The molecule has 0 amide bonds. The molecule has 1 aromatic rings. The highest BCUT2D eigenvalue weighted by Gasteiger charge is 2.11. The second-order valence-corrected chi connectivity index (χ2v) is 3.99. The van der Waals surface area contributed by atoms with Crippen LogP contribution in [0.4, 0.5) is 0 Å². The van der Waals surface area contributed by atoms with E-state index in [9.17, 15) is 0 Å². The first-order valence-corrected chi connectivity index (χ1v) is 5.73. The zero-order valence-corrected chi connectivity index (χ0v) is 9.32. The number of allylic oxidation sites excluding steroid dienone is 1. The molecule has 0 aromatic heterocycles. The molecule has 1 aliphatic rings. The molecule has 0 saturated heterocycles. The molecule has 1 heteroatoms. The molecule has 0 bridgehead atoms. The normalized spacial score (nSPS) is 15.8. The molecular formula is C14H18N+. The van der Waals surface area contributed by atoms with E-state index >= 15 is 0 Å². The second-order valence-electron chi connectivity index (χ2n) is 3.99. The third-order valence-electron chi connectivity index (χ3n) is 2.81. The van der Waals surface area contributed by atoms with Gasteiger partial charge in [0.2, 0.25) is 0 Å². The monoisotopic (exact) mass is 200 g/mol. The molecule has 78 valence electrons. The van der Waals surface area contributed by atoms with Crippen molar-refractivity contribution in [2.24, 2.45) is 0 Å². The van der Waals surface area contributed by atoms with E-state index in [4.69, 9.17) is 0 Å². The van der Waals surface area contributed by atoms with Gasteiger partial charge < -0.3 is 0 Å². The van der Waals surface area contributed by atoms with Crippen LogP contribution in [0.1, 0.15) is 25.3 Å². The van der Waals surface area contributed by atoms with Crippen LogP contribution in [-0.4, -0.2) is 23.9 Å². The van der Waals surface area contributed by atoms with E-state index in [-0.39, 0.29) is 0 Å². The summed E-state index contributed by atoms with van der Waals surface area (Å²) in [6.45, 7) is 4.57. The van der Waals surface area contributed by atoms with Crippen LogP contribution < -0.4 is 0 Å². The van der Waals surface area contributed by atoms with E-state index in [2.05, 4.69) is 54.1 Å². The summed E-state index contributed by atoms with van der Waals surface area (Å²) in [5, 5.41) is 0. The third kappa shape index (κ3) is 2.56. The van der Waals surface area contributed by atoms with Crippen LogP contribution >= 0.6 is 0 Å². The summed E-state index contributed by atoms with van der Waals surface area (Å²) in [5.41, 5.74) is 2.83. The fourth-order valence-electron chi connectivity index (χ4n) is 1.98. The molecule has 15 heavy (non-hydrogen) atoms. The maximum atomic E-state index is 2.40. The van der Waals surface area contributed by atoms with E-state index in [0.717, 1.165) is 6.54 Å². The lowest BCUT2D eigenvalue weighted by Gasteiger charge is -2.10. The van der Waals surface area contributed by atoms with Crippen molar-refractivity contribution in [1.82, 2.24) is 0 Å². The number of rotatable bonds is 3. The molecule has 1 nitrogen and oxygen atoms in total. The quantitative estimate of drug-likeness (QED) is 0.660. The van der Waals surface area contributed by atoms with E-state index in [1.807, 2.05) is 0 Å². The van der Waals surface area contributed by atoms with E-state index in [0.29, 0.717) is 0 Å². The number of hydrogen-bond acceptors (Lipinski definition) is 0. The van der Waals surface area contributed by atoms with Crippen LogP contribution in [0.5, 0.6) is 0 Å². The molecule has 0 saturated carbocycles. The first-order chi connectivity index (χ1) is 7.40. The first kappa shape index (κ1) is 10.2. The van der Waals surface area contributed by atoms with Gasteiger partial charge in [0.25, 0.3) is 0 Å². The largest absolute Gasteiger partial charge is 0.236 e. The van der Waals surface area contributed by atoms with E-state index in [1.165, 1.54) is 30.5 Å². The fourth-order valence-corrected chi connectivity index (χ4v) is 1.98. The maximum absolute atomic E-state index is 2.40. The van der Waals surface area contributed by atoms with Crippen molar-refractivity contribution in [1.29, 1.82) is 0 Å². The van der Waals surface area contributed by atoms with Crippen molar-refractivity contribution in [2.75, 3.05) is 13.1 Å². The van der Waals surface area contributed by atoms with Crippen molar-refractivity contribution in [2.45, 2.75) is 19.8 Å². The summed E-state index contributed by atoms with van der Waals surface area (Å²) in [6.07, 6.45) is 6.88. The summed E-state index contributed by atoms with van der Waals surface area (Å²) in [6, 6.07) is 10.7. The van der Waals surface area contributed by atoms with E-state index in [1.54, 1.807) is 0 Å². The van der Waals surface area contributed by atoms with Gasteiger partial charge in [-0.05, 0) is 11.1 Å². The molecule has 0 spiro atoms. The minimum atomic E-state index is 1.16. The predicted molar refractivity (Wildman–Crippen MR) is 65.4 cm³/mol. The third-order valence-corrected chi connectivity index (χ3v) is 2.81. The van der Waals surface area contributed by atoms with Gasteiger partial charge in [0.15, 0.2) is 6.21 Å².